The molecule has 2 rings (SSSR count). The van der Waals surface area contributed by atoms with Crippen LogP contribution in [0.2, 0.25) is 0 Å². The van der Waals surface area contributed by atoms with Crippen LogP contribution >= 0.6 is 0 Å². The fourth-order valence-electron chi connectivity index (χ4n) is 2.03. The second-order valence-electron chi connectivity index (χ2n) is 4.34. The summed E-state index contributed by atoms with van der Waals surface area (Å²) >= 11 is 0. The number of hydrazine groups is 1. The topological polar surface area (TPSA) is 67.2 Å². The molecule has 1 atom stereocenters. The zero-order valence-electron chi connectivity index (χ0n) is 10.2. The maximum atomic E-state index is 13.6. The molecule has 0 fully saturated rings. The molecule has 0 saturated heterocycles. The van der Waals surface area contributed by atoms with Crippen LogP contribution in [0.25, 0.3) is 0 Å². The predicted octanol–water partition coefficient (Wildman–Crippen LogP) is 0.776. The number of carbonyl (C=O) groups excluding carboxylic acids is 1. The number of hydrogen-bond donors (Lipinski definition) is 3. The van der Waals surface area contributed by atoms with Gasteiger partial charge in [0.1, 0.15) is 18.1 Å². The molecule has 1 aliphatic heterocycles. The summed E-state index contributed by atoms with van der Waals surface area (Å²) in [6, 6.07) is 4.66. The predicted molar refractivity (Wildman–Crippen MR) is 66.8 cm³/mol. The van der Waals surface area contributed by atoms with E-state index in [1.165, 1.54) is 6.07 Å². The Balaban J connectivity index is 2.21. The van der Waals surface area contributed by atoms with Gasteiger partial charge < -0.3 is 16.0 Å². The number of aldehydes is 1. The fourth-order valence-corrected chi connectivity index (χ4v) is 2.03. The smallest absolute Gasteiger partial charge is 0.142 e. The minimum absolute atomic E-state index is 0.188. The number of hydrogen-bond acceptors (Lipinski definition) is 4. The van der Waals surface area contributed by atoms with Gasteiger partial charge in [-0.15, -0.1) is 0 Å². The number of nitrogens with one attached hydrogen (secondary N) is 2. The lowest BCUT2D eigenvalue weighted by molar-refractivity contribution is -0.108. The van der Waals surface area contributed by atoms with Crippen LogP contribution in [-0.2, 0) is 17.8 Å². The molecular weight excluding hydrogens is 233 g/mol. The van der Waals surface area contributed by atoms with Crippen LogP contribution in [0, 0.1) is 5.82 Å². The van der Waals surface area contributed by atoms with Gasteiger partial charge in [0.25, 0.3) is 0 Å². The molecule has 0 bridgehead atoms. The highest BCUT2D eigenvalue weighted by Crippen LogP contribution is 2.19. The van der Waals surface area contributed by atoms with Crippen molar-refractivity contribution in [3.8, 4) is 0 Å². The molecule has 0 spiro atoms. The second kappa shape index (κ2) is 5.29. The minimum Gasteiger partial charge on any atom is -0.326 e. The van der Waals surface area contributed by atoms with Crippen LogP contribution in [0.4, 0.5) is 4.39 Å². The van der Waals surface area contributed by atoms with Crippen LogP contribution < -0.4 is 16.6 Å². The molecule has 4 nitrogen and oxygen atoms in total. The van der Waals surface area contributed by atoms with Gasteiger partial charge in [-0.1, -0.05) is 12.1 Å². The molecule has 0 amide bonds. The number of allylic oxidation sites excluding steroid dienone is 1. The van der Waals surface area contributed by atoms with Crippen LogP contribution in [-0.4, -0.2) is 12.3 Å². The number of benzene rings is 1. The van der Waals surface area contributed by atoms with Crippen LogP contribution in [0.5, 0.6) is 0 Å². The van der Waals surface area contributed by atoms with E-state index in [9.17, 15) is 9.18 Å². The quantitative estimate of drug-likeness (QED) is 0.690. The van der Waals surface area contributed by atoms with Gasteiger partial charge in [0.15, 0.2) is 0 Å². The first-order chi connectivity index (χ1) is 8.65. The Bertz CT molecular complexity index is 499. The zero-order chi connectivity index (χ0) is 13.1. The van der Waals surface area contributed by atoms with Crippen molar-refractivity contribution in [2.45, 2.75) is 25.9 Å². The van der Waals surface area contributed by atoms with Crippen molar-refractivity contribution >= 4 is 6.29 Å². The van der Waals surface area contributed by atoms with Crippen molar-refractivity contribution in [3.05, 3.63) is 46.4 Å². The maximum Gasteiger partial charge on any atom is 0.142 e. The van der Waals surface area contributed by atoms with Crippen LogP contribution in [0.3, 0.4) is 0 Å². The van der Waals surface area contributed by atoms with Gasteiger partial charge in [0.05, 0.1) is 0 Å². The highest BCUT2D eigenvalue weighted by molar-refractivity contribution is 5.65. The fraction of sp³-hybridized carbons (Fsp3) is 0.308. The molecule has 5 heteroatoms. The number of rotatable bonds is 4. The van der Waals surface area contributed by atoms with Crippen molar-refractivity contribution < 1.29 is 9.18 Å². The molecule has 0 saturated carbocycles. The largest absolute Gasteiger partial charge is 0.326 e. The Kier molecular flexibility index (Phi) is 3.74. The average Bonchev–Trinajstić information content (AvgIpc) is 2.71. The van der Waals surface area contributed by atoms with Gasteiger partial charge in [0.2, 0.25) is 0 Å². The second-order valence-corrected chi connectivity index (χ2v) is 4.34. The Morgan fingerprint density at radius 1 is 1.50 bits per heavy atom. The molecule has 0 radical (unpaired) electrons. The molecule has 1 aromatic rings. The summed E-state index contributed by atoms with van der Waals surface area (Å²) in [6.45, 7) is 2.07. The van der Waals surface area contributed by atoms with Crippen LogP contribution in [0.15, 0.2) is 29.5 Å². The standard InChI is InChI=1S/C13H16FN3O/c1-8-11(13(7-18)17-16-8)4-9-2-3-10(6-15)12(14)5-9/h2-3,5,7,13,16-17H,4,6,15H2,1H3. The Morgan fingerprint density at radius 3 is 2.89 bits per heavy atom. The molecule has 4 N–H and O–H groups in total. The number of carbonyl (C=O) groups is 1. The molecule has 1 heterocycles. The zero-order valence-corrected chi connectivity index (χ0v) is 10.2. The van der Waals surface area contributed by atoms with E-state index in [2.05, 4.69) is 10.9 Å². The third-order valence-electron chi connectivity index (χ3n) is 3.14. The van der Waals surface area contributed by atoms with E-state index >= 15 is 0 Å². The molecule has 1 aliphatic rings. The van der Waals surface area contributed by atoms with E-state index in [1.807, 2.05) is 13.0 Å². The average molecular weight is 249 g/mol. The first kappa shape index (κ1) is 12.7. The van der Waals surface area contributed by atoms with E-state index in [0.29, 0.717) is 12.0 Å². The summed E-state index contributed by atoms with van der Waals surface area (Å²) in [6.07, 6.45) is 1.38. The minimum atomic E-state index is -0.345. The third-order valence-corrected chi connectivity index (χ3v) is 3.14. The number of nitrogens with two attached hydrogens (primary N) is 1. The molecule has 96 valence electrons. The lowest BCUT2D eigenvalue weighted by atomic mass is 9.98. The van der Waals surface area contributed by atoms with E-state index in [1.54, 1.807) is 6.07 Å². The first-order valence-electron chi connectivity index (χ1n) is 5.79. The normalized spacial score (nSPS) is 18.9. The first-order valence-corrected chi connectivity index (χ1v) is 5.79. The lowest BCUT2D eigenvalue weighted by Gasteiger charge is -2.09. The van der Waals surface area contributed by atoms with Gasteiger partial charge in [-0.25, -0.2) is 9.82 Å². The molecule has 0 aromatic heterocycles. The van der Waals surface area contributed by atoms with E-state index in [4.69, 9.17) is 5.73 Å². The molecule has 1 unspecified atom stereocenters. The van der Waals surface area contributed by atoms with Crippen molar-refractivity contribution in [3.63, 3.8) is 0 Å². The van der Waals surface area contributed by atoms with Gasteiger partial charge in [0, 0.05) is 17.8 Å². The van der Waals surface area contributed by atoms with E-state index < -0.39 is 0 Å². The van der Waals surface area contributed by atoms with Gasteiger partial charge in [-0.3, -0.25) is 0 Å². The van der Waals surface area contributed by atoms with Crippen LogP contribution in [0.1, 0.15) is 18.1 Å². The highest BCUT2D eigenvalue weighted by atomic mass is 19.1. The summed E-state index contributed by atoms with van der Waals surface area (Å²) in [7, 11) is 0. The summed E-state index contributed by atoms with van der Waals surface area (Å²) in [5, 5.41) is 0. The summed E-state index contributed by atoms with van der Waals surface area (Å²) in [4.78, 5) is 10.9. The Labute approximate surface area is 105 Å². The van der Waals surface area contributed by atoms with Gasteiger partial charge >= 0.3 is 0 Å². The van der Waals surface area contributed by atoms with Crippen molar-refractivity contribution in [1.82, 2.24) is 10.9 Å². The van der Waals surface area contributed by atoms with E-state index in [0.717, 1.165) is 23.1 Å². The monoisotopic (exact) mass is 249 g/mol. The molecule has 0 aliphatic carbocycles. The van der Waals surface area contributed by atoms with Gasteiger partial charge in [-0.05, 0) is 30.5 Å². The van der Waals surface area contributed by atoms with E-state index in [-0.39, 0.29) is 18.4 Å². The summed E-state index contributed by atoms with van der Waals surface area (Å²) < 4.78 is 13.6. The molecule has 1 aromatic carbocycles. The van der Waals surface area contributed by atoms with Gasteiger partial charge in [-0.2, -0.15) is 0 Å². The maximum absolute atomic E-state index is 13.6. The Morgan fingerprint density at radius 2 is 2.28 bits per heavy atom. The molecular formula is C13H16FN3O. The Hall–Kier alpha value is -1.72. The summed E-state index contributed by atoms with van der Waals surface area (Å²) in [5.41, 5.74) is 14.4. The van der Waals surface area contributed by atoms with Crippen molar-refractivity contribution in [2.24, 2.45) is 5.73 Å². The number of halogens is 1. The highest BCUT2D eigenvalue weighted by Gasteiger charge is 2.22. The van der Waals surface area contributed by atoms with Crippen molar-refractivity contribution in [2.75, 3.05) is 0 Å². The SMILES string of the molecule is CC1=C(Cc2ccc(CN)c(F)c2)C(C=O)NN1. The lowest BCUT2D eigenvalue weighted by Crippen LogP contribution is -2.33. The molecule has 18 heavy (non-hydrogen) atoms. The van der Waals surface area contributed by atoms with Crippen molar-refractivity contribution in [1.29, 1.82) is 0 Å². The summed E-state index contributed by atoms with van der Waals surface area (Å²) in [5.74, 6) is -0.296. The third kappa shape index (κ3) is 2.42.